The van der Waals surface area contributed by atoms with Crippen LogP contribution in [-0.2, 0) is 18.3 Å². The van der Waals surface area contributed by atoms with Gasteiger partial charge in [-0.1, -0.05) is 19.3 Å². The van der Waals surface area contributed by atoms with E-state index < -0.39 is 0 Å². The smallest absolute Gasteiger partial charge is 0.268 e. The Morgan fingerprint density at radius 3 is 2.71 bits per heavy atom. The highest BCUT2D eigenvalue weighted by atomic mass is 32.1. The van der Waals surface area contributed by atoms with Crippen LogP contribution in [0.1, 0.15) is 49.2 Å². The van der Waals surface area contributed by atoms with Gasteiger partial charge in [0.15, 0.2) is 4.96 Å². The molecule has 0 unspecified atom stereocenters. The number of aromatic nitrogens is 4. The number of hydrogen-bond donors (Lipinski definition) is 1. The zero-order chi connectivity index (χ0) is 19.8. The number of hydrogen-bond acceptors (Lipinski definition) is 5. The number of thiazole rings is 1. The Bertz CT molecular complexity index is 1090. The molecule has 0 spiro atoms. The first-order valence-electron chi connectivity index (χ1n) is 9.74. The van der Waals surface area contributed by atoms with E-state index in [2.05, 4.69) is 15.4 Å². The molecule has 1 aliphatic carbocycles. The molecule has 7 nitrogen and oxygen atoms in total. The lowest BCUT2D eigenvalue weighted by Gasteiger charge is -2.22. The van der Waals surface area contributed by atoms with Crippen molar-refractivity contribution < 1.29 is 4.79 Å². The quantitative estimate of drug-likeness (QED) is 0.731. The molecule has 0 saturated heterocycles. The maximum absolute atomic E-state index is 13.3. The number of carbonyl (C=O) groups excluding carboxylic acids is 1. The molecule has 0 bridgehead atoms. The predicted octanol–water partition coefficient (Wildman–Crippen LogP) is 2.76. The molecule has 148 valence electrons. The number of carbonyl (C=O) groups is 1. The Morgan fingerprint density at radius 2 is 2.04 bits per heavy atom. The van der Waals surface area contributed by atoms with Crippen molar-refractivity contribution in [2.24, 2.45) is 7.05 Å². The van der Waals surface area contributed by atoms with Gasteiger partial charge in [0.05, 0.1) is 29.1 Å². The van der Waals surface area contributed by atoms with Gasteiger partial charge in [0.1, 0.15) is 0 Å². The van der Waals surface area contributed by atoms with Crippen molar-refractivity contribution in [1.29, 1.82) is 0 Å². The molecule has 1 N–H and O–H groups in total. The number of nitrogens with one attached hydrogen (secondary N) is 1. The van der Waals surface area contributed by atoms with E-state index in [1.165, 1.54) is 30.6 Å². The molecule has 3 aromatic rings. The average molecular weight is 400 g/mol. The first-order valence-corrected chi connectivity index (χ1v) is 10.6. The number of rotatable bonds is 4. The van der Waals surface area contributed by atoms with E-state index in [9.17, 15) is 9.59 Å². The summed E-state index contributed by atoms with van der Waals surface area (Å²) in [7, 11) is 1.82. The Kier molecular flexibility index (Phi) is 5.05. The Hall–Kier alpha value is -2.48. The molecular weight excluding hydrogens is 374 g/mol. The lowest BCUT2D eigenvalue weighted by Crippen LogP contribution is -2.37. The van der Waals surface area contributed by atoms with Crippen LogP contribution in [-0.4, -0.2) is 31.1 Å². The van der Waals surface area contributed by atoms with E-state index in [1.807, 2.05) is 32.3 Å². The van der Waals surface area contributed by atoms with E-state index in [0.717, 1.165) is 24.2 Å². The summed E-state index contributed by atoms with van der Waals surface area (Å²) in [6, 6.07) is 2.15. The lowest BCUT2D eigenvalue weighted by atomic mass is 9.95. The van der Waals surface area contributed by atoms with Gasteiger partial charge in [-0.15, -0.1) is 11.3 Å². The summed E-state index contributed by atoms with van der Waals surface area (Å²) in [5.41, 5.74) is 3.34. The molecule has 4 rings (SSSR count). The molecule has 0 radical (unpaired) electrons. The SMILES string of the molecule is Cc1cc(-c2c(C)nc3scc(CC(=O)NC4CCCCC4)n3c2=O)n(C)n1. The minimum absolute atomic E-state index is 0.0306. The minimum Gasteiger partial charge on any atom is -0.353 e. The van der Waals surface area contributed by atoms with Crippen LogP contribution in [0.4, 0.5) is 0 Å². The van der Waals surface area contributed by atoms with Gasteiger partial charge in [-0.25, -0.2) is 4.98 Å². The largest absolute Gasteiger partial charge is 0.353 e. The van der Waals surface area contributed by atoms with E-state index in [1.54, 1.807) is 9.08 Å². The van der Waals surface area contributed by atoms with E-state index in [0.29, 0.717) is 21.9 Å². The number of amides is 1. The van der Waals surface area contributed by atoms with Gasteiger partial charge in [0.25, 0.3) is 5.56 Å². The van der Waals surface area contributed by atoms with Crippen molar-refractivity contribution in [3.8, 4) is 11.3 Å². The highest BCUT2D eigenvalue weighted by Gasteiger charge is 2.21. The Morgan fingerprint density at radius 1 is 1.29 bits per heavy atom. The Balaban J connectivity index is 1.69. The van der Waals surface area contributed by atoms with Gasteiger partial charge in [-0.05, 0) is 32.8 Å². The van der Waals surface area contributed by atoms with Gasteiger partial charge < -0.3 is 5.32 Å². The van der Waals surface area contributed by atoms with Crippen molar-refractivity contribution in [2.45, 2.75) is 58.4 Å². The standard InChI is InChI=1S/C20H25N5O2S/c1-12-9-16(24(3)23-12)18-13(2)21-20-25(19(18)27)15(11-28-20)10-17(26)22-14-7-5-4-6-8-14/h9,11,14H,4-8,10H2,1-3H3,(H,22,26). The molecule has 3 heterocycles. The second-order valence-electron chi connectivity index (χ2n) is 7.60. The number of nitrogens with zero attached hydrogens (tertiary/aromatic N) is 4. The zero-order valence-electron chi connectivity index (χ0n) is 16.5. The molecule has 28 heavy (non-hydrogen) atoms. The monoisotopic (exact) mass is 399 g/mol. The topological polar surface area (TPSA) is 81.3 Å². The highest BCUT2D eigenvalue weighted by Crippen LogP contribution is 2.23. The first kappa shape index (κ1) is 18.9. The predicted molar refractivity (Wildman–Crippen MR) is 110 cm³/mol. The second-order valence-corrected chi connectivity index (χ2v) is 8.43. The summed E-state index contributed by atoms with van der Waals surface area (Å²) >= 11 is 1.39. The Labute approximate surface area is 167 Å². The fourth-order valence-electron chi connectivity index (χ4n) is 4.06. The third kappa shape index (κ3) is 3.48. The van der Waals surface area contributed by atoms with Crippen LogP contribution in [0.15, 0.2) is 16.2 Å². The molecule has 0 aromatic carbocycles. The lowest BCUT2D eigenvalue weighted by molar-refractivity contribution is -0.121. The minimum atomic E-state index is -0.146. The molecule has 3 aromatic heterocycles. The highest BCUT2D eigenvalue weighted by molar-refractivity contribution is 7.15. The summed E-state index contributed by atoms with van der Waals surface area (Å²) in [6.07, 6.45) is 5.86. The van der Waals surface area contributed by atoms with Crippen molar-refractivity contribution in [3.05, 3.63) is 38.9 Å². The van der Waals surface area contributed by atoms with E-state index in [4.69, 9.17) is 0 Å². The van der Waals surface area contributed by atoms with Crippen molar-refractivity contribution in [3.63, 3.8) is 0 Å². The van der Waals surface area contributed by atoms with Crippen LogP contribution >= 0.6 is 11.3 Å². The molecule has 8 heteroatoms. The summed E-state index contributed by atoms with van der Waals surface area (Å²) < 4.78 is 3.28. The van der Waals surface area contributed by atoms with Crippen LogP contribution in [0.5, 0.6) is 0 Å². The molecule has 0 atom stereocenters. The molecular formula is C20H25N5O2S. The normalized spacial score (nSPS) is 15.2. The van der Waals surface area contributed by atoms with Crippen LogP contribution in [0, 0.1) is 13.8 Å². The molecule has 1 fully saturated rings. The van der Waals surface area contributed by atoms with Gasteiger partial charge in [0, 0.05) is 24.2 Å². The van der Waals surface area contributed by atoms with Gasteiger partial charge in [0.2, 0.25) is 5.91 Å². The molecule has 1 saturated carbocycles. The summed E-state index contributed by atoms with van der Waals surface area (Å²) in [5, 5.41) is 9.34. The van der Waals surface area contributed by atoms with Crippen molar-refractivity contribution in [1.82, 2.24) is 24.5 Å². The van der Waals surface area contributed by atoms with Crippen LogP contribution in [0.2, 0.25) is 0 Å². The number of aryl methyl sites for hydroxylation is 3. The molecule has 1 aliphatic rings. The van der Waals surface area contributed by atoms with Gasteiger partial charge >= 0.3 is 0 Å². The first-order chi connectivity index (χ1) is 13.4. The number of fused-ring (bicyclic) bond motifs is 1. The third-order valence-electron chi connectivity index (χ3n) is 5.39. The summed E-state index contributed by atoms with van der Waals surface area (Å²) in [5.74, 6) is -0.0306. The summed E-state index contributed by atoms with van der Waals surface area (Å²) in [6.45, 7) is 3.74. The zero-order valence-corrected chi connectivity index (χ0v) is 17.3. The van der Waals surface area contributed by atoms with Crippen LogP contribution in [0.3, 0.4) is 0 Å². The van der Waals surface area contributed by atoms with Crippen molar-refractivity contribution in [2.75, 3.05) is 0 Å². The second kappa shape index (κ2) is 7.50. The van der Waals surface area contributed by atoms with Gasteiger partial charge in [-0.2, -0.15) is 5.10 Å². The third-order valence-corrected chi connectivity index (χ3v) is 6.27. The fourth-order valence-corrected chi connectivity index (χ4v) is 4.98. The average Bonchev–Trinajstić information content (AvgIpc) is 3.18. The van der Waals surface area contributed by atoms with Gasteiger partial charge in [-0.3, -0.25) is 18.7 Å². The van der Waals surface area contributed by atoms with Crippen molar-refractivity contribution >= 4 is 22.2 Å². The maximum Gasteiger partial charge on any atom is 0.268 e. The summed E-state index contributed by atoms with van der Waals surface area (Å²) in [4.78, 5) is 31.1. The maximum atomic E-state index is 13.3. The van der Waals surface area contributed by atoms with Crippen LogP contribution in [0.25, 0.3) is 16.2 Å². The molecule has 0 aliphatic heterocycles. The fraction of sp³-hybridized carbons (Fsp3) is 0.500. The molecule has 1 amide bonds. The van der Waals surface area contributed by atoms with Crippen LogP contribution < -0.4 is 10.9 Å². The van der Waals surface area contributed by atoms with E-state index >= 15 is 0 Å². The van der Waals surface area contributed by atoms with E-state index in [-0.39, 0.29) is 23.9 Å².